The van der Waals surface area contributed by atoms with Crippen LogP contribution in [-0.2, 0) is 4.74 Å². The normalized spacial score (nSPS) is 21.7. The molecule has 2 nitrogen and oxygen atoms in total. The highest BCUT2D eigenvalue weighted by Crippen LogP contribution is 2.17. The molecule has 0 aromatic heterocycles. The van der Waals surface area contributed by atoms with Crippen LogP contribution >= 0.6 is 0 Å². The van der Waals surface area contributed by atoms with E-state index in [-0.39, 0.29) is 0 Å². The lowest BCUT2D eigenvalue weighted by Crippen LogP contribution is -2.30. The molecule has 2 rings (SSSR count). The molecule has 0 amide bonds. The molecule has 18 heavy (non-hydrogen) atoms. The lowest BCUT2D eigenvalue weighted by molar-refractivity contribution is 0.0549. The van der Waals surface area contributed by atoms with Gasteiger partial charge in [-0.1, -0.05) is 37.3 Å². The minimum Gasteiger partial charge on any atom is -0.381 e. The van der Waals surface area contributed by atoms with Crippen molar-refractivity contribution in [2.45, 2.75) is 32.1 Å². The number of nitrogens with one attached hydrogen (secondary N) is 1. The van der Waals surface area contributed by atoms with E-state index in [4.69, 9.17) is 4.74 Å². The topological polar surface area (TPSA) is 21.3 Å². The highest BCUT2D eigenvalue weighted by molar-refractivity contribution is 5.18. The van der Waals surface area contributed by atoms with Gasteiger partial charge in [-0.25, -0.2) is 0 Å². The smallest absolute Gasteiger partial charge is 0.0506 e. The summed E-state index contributed by atoms with van der Waals surface area (Å²) in [5, 5.41) is 3.58. The van der Waals surface area contributed by atoms with Crippen molar-refractivity contribution in [3.05, 3.63) is 35.9 Å². The van der Waals surface area contributed by atoms with Crippen LogP contribution in [-0.4, -0.2) is 26.3 Å². The van der Waals surface area contributed by atoms with E-state index in [1.165, 1.54) is 24.8 Å². The SMILES string of the molecule is CC(CCNCC1CCCOC1)c1ccccc1. The molecule has 1 aliphatic rings. The Bertz CT molecular complexity index is 319. The summed E-state index contributed by atoms with van der Waals surface area (Å²) < 4.78 is 5.49. The third kappa shape index (κ3) is 4.43. The van der Waals surface area contributed by atoms with E-state index in [9.17, 15) is 0 Å². The van der Waals surface area contributed by atoms with E-state index in [0.717, 1.165) is 32.2 Å². The second-order valence-electron chi connectivity index (χ2n) is 5.39. The highest BCUT2D eigenvalue weighted by Gasteiger charge is 2.13. The molecule has 1 aromatic carbocycles. The van der Waals surface area contributed by atoms with Gasteiger partial charge in [0.15, 0.2) is 0 Å². The molecule has 1 heterocycles. The lowest BCUT2D eigenvalue weighted by atomic mass is 9.97. The molecule has 100 valence electrons. The molecule has 0 radical (unpaired) electrons. The molecule has 2 unspecified atom stereocenters. The first-order valence-corrected chi connectivity index (χ1v) is 7.19. The Hall–Kier alpha value is -0.860. The van der Waals surface area contributed by atoms with Crippen LogP contribution in [0.4, 0.5) is 0 Å². The summed E-state index contributed by atoms with van der Waals surface area (Å²) >= 11 is 0. The van der Waals surface area contributed by atoms with Crippen LogP contribution in [0, 0.1) is 5.92 Å². The summed E-state index contributed by atoms with van der Waals surface area (Å²) in [5.41, 5.74) is 1.44. The molecule has 1 N–H and O–H groups in total. The Morgan fingerprint density at radius 1 is 1.33 bits per heavy atom. The number of ether oxygens (including phenoxy) is 1. The van der Waals surface area contributed by atoms with Gasteiger partial charge in [0.2, 0.25) is 0 Å². The van der Waals surface area contributed by atoms with Gasteiger partial charge in [-0.15, -0.1) is 0 Å². The number of rotatable bonds is 6. The van der Waals surface area contributed by atoms with Crippen LogP contribution in [0.15, 0.2) is 30.3 Å². The maximum absolute atomic E-state index is 5.49. The van der Waals surface area contributed by atoms with Gasteiger partial charge in [-0.3, -0.25) is 0 Å². The lowest BCUT2D eigenvalue weighted by Gasteiger charge is -2.22. The van der Waals surface area contributed by atoms with Gasteiger partial charge in [-0.05, 0) is 43.2 Å². The van der Waals surface area contributed by atoms with Gasteiger partial charge in [0.05, 0.1) is 6.61 Å². The predicted octanol–water partition coefficient (Wildman–Crippen LogP) is 3.20. The third-order valence-electron chi connectivity index (χ3n) is 3.81. The monoisotopic (exact) mass is 247 g/mol. The van der Waals surface area contributed by atoms with E-state index >= 15 is 0 Å². The zero-order chi connectivity index (χ0) is 12.6. The van der Waals surface area contributed by atoms with E-state index in [0.29, 0.717) is 5.92 Å². The van der Waals surface area contributed by atoms with Crippen LogP contribution in [0.5, 0.6) is 0 Å². The fourth-order valence-electron chi connectivity index (χ4n) is 2.54. The van der Waals surface area contributed by atoms with Crippen molar-refractivity contribution < 1.29 is 4.74 Å². The Labute approximate surface area is 111 Å². The molecule has 1 aliphatic heterocycles. The maximum atomic E-state index is 5.49. The Morgan fingerprint density at radius 2 is 2.17 bits per heavy atom. The van der Waals surface area contributed by atoms with E-state index in [1.807, 2.05) is 0 Å². The van der Waals surface area contributed by atoms with Crippen LogP contribution in [0.2, 0.25) is 0 Å². The minimum absolute atomic E-state index is 0.640. The van der Waals surface area contributed by atoms with E-state index in [2.05, 4.69) is 42.6 Å². The average Bonchev–Trinajstić information content (AvgIpc) is 2.45. The van der Waals surface area contributed by atoms with Gasteiger partial charge in [0.25, 0.3) is 0 Å². The molecule has 1 aromatic rings. The van der Waals surface area contributed by atoms with Crippen molar-refractivity contribution in [1.82, 2.24) is 5.32 Å². The molecular formula is C16H25NO. The van der Waals surface area contributed by atoms with E-state index < -0.39 is 0 Å². The summed E-state index contributed by atoms with van der Waals surface area (Å²) in [6, 6.07) is 10.8. The second kappa shape index (κ2) is 7.55. The van der Waals surface area contributed by atoms with Gasteiger partial charge in [-0.2, -0.15) is 0 Å². The maximum Gasteiger partial charge on any atom is 0.0506 e. The Balaban J connectivity index is 1.60. The summed E-state index contributed by atoms with van der Waals surface area (Å²) in [7, 11) is 0. The largest absolute Gasteiger partial charge is 0.381 e. The van der Waals surface area contributed by atoms with Crippen LogP contribution in [0.25, 0.3) is 0 Å². The molecule has 0 spiro atoms. The van der Waals surface area contributed by atoms with E-state index in [1.54, 1.807) is 0 Å². The van der Waals surface area contributed by atoms with Crippen molar-refractivity contribution >= 4 is 0 Å². The van der Waals surface area contributed by atoms with Crippen molar-refractivity contribution in [1.29, 1.82) is 0 Å². The number of hydrogen-bond donors (Lipinski definition) is 1. The molecule has 1 saturated heterocycles. The van der Waals surface area contributed by atoms with Crippen molar-refractivity contribution in [2.75, 3.05) is 26.3 Å². The Morgan fingerprint density at radius 3 is 2.89 bits per heavy atom. The summed E-state index contributed by atoms with van der Waals surface area (Å²) in [6.07, 6.45) is 3.76. The van der Waals surface area contributed by atoms with Crippen molar-refractivity contribution in [2.24, 2.45) is 5.92 Å². The van der Waals surface area contributed by atoms with Gasteiger partial charge < -0.3 is 10.1 Å². The molecule has 0 saturated carbocycles. The molecule has 0 aliphatic carbocycles. The molecule has 1 fully saturated rings. The Kier molecular flexibility index (Phi) is 5.69. The third-order valence-corrected chi connectivity index (χ3v) is 3.81. The second-order valence-corrected chi connectivity index (χ2v) is 5.39. The molecular weight excluding hydrogens is 222 g/mol. The zero-order valence-corrected chi connectivity index (χ0v) is 11.4. The van der Waals surface area contributed by atoms with Gasteiger partial charge in [0, 0.05) is 13.2 Å². The fraction of sp³-hybridized carbons (Fsp3) is 0.625. The average molecular weight is 247 g/mol. The first kappa shape index (κ1) is 13.6. The minimum atomic E-state index is 0.640. The first-order chi connectivity index (χ1) is 8.86. The van der Waals surface area contributed by atoms with Gasteiger partial charge >= 0.3 is 0 Å². The summed E-state index contributed by atoms with van der Waals surface area (Å²) in [6.45, 7) is 6.43. The summed E-state index contributed by atoms with van der Waals surface area (Å²) in [4.78, 5) is 0. The number of benzene rings is 1. The highest BCUT2D eigenvalue weighted by atomic mass is 16.5. The molecule has 0 bridgehead atoms. The number of hydrogen-bond acceptors (Lipinski definition) is 2. The standard InChI is InChI=1S/C16H25NO/c1-14(16-7-3-2-4-8-16)9-10-17-12-15-6-5-11-18-13-15/h2-4,7-8,14-15,17H,5-6,9-13H2,1H3. The van der Waals surface area contributed by atoms with Crippen LogP contribution in [0.1, 0.15) is 37.7 Å². The quantitative estimate of drug-likeness (QED) is 0.779. The summed E-state index contributed by atoms with van der Waals surface area (Å²) in [5.74, 6) is 1.37. The van der Waals surface area contributed by atoms with Crippen LogP contribution < -0.4 is 5.32 Å². The van der Waals surface area contributed by atoms with Crippen molar-refractivity contribution in [3.63, 3.8) is 0 Å². The first-order valence-electron chi connectivity index (χ1n) is 7.19. The molecule has 2 atom stereocenters. The van der Waals surface area contributed by atoms with Crippen molar-refractivity contribution in [3.8, 4) is 0 Å². The zero-order valence-electron chi connectivity index (χ0n) is 11.4. The molecule has 2 heteroatoms. The van der Waals surface area contributed by atoms with Crippen LogP contribution in [0.3, 0.4) is 0 Å². The van der Waals surface area contributed by atoms with Gasteiger partial charge in [0.1, 0.15) is 0 Å². The fourth-order valence-corrected chi connectivity index (χ4v) is 2.54. The predicted molar refractivity (Wildman–Crippen MR) is 75.9 cm³/mol.